The zero-order valence-corrected chi connectivity index (χ0v) is 14.7. The minimum absolute atomic E-state index is 0.310. The van der Waals surface area contributed by atoms with Crippen molar-refractivity contribution in [1.29, 1.82) is 0 Å². The van der Waals surface area contributed by atoms with Crippen LogP contribution in [0.25, 0.3) is 0 Å². The van der Waals surface area contributed by atoms with E-state index in [1.54, 1.807) is 43.3 Å². The lowest BCUT2D eigenvalue weighted by Gasteiger charge is -2.25. The third-order valence-corrected chi connectivity index (χ3v) is 3.96. The molecule has 138 valence electrons. The van der Waals surface area contributed by atoms with E-state index in [0.29, 0.717) is 23.4 Å². The lowest BCUT2D eigenvalue weighted by molar-refractivity contribution is -0.147. The normalized spacial score (nSPS) is 19.5. The summed E-state index contributed by atoms with van der Waals surface area (Å²) in [5.74, 6) is -2.06. The first-order chi connectivity index (χ1) is 12.4. The van der Waals surface area contributed by atoms with Gasteiger partial charge in [0.1, 0.15) is 5.54 Å². The maximum absolute atomic E-state index is 12.8. The molecule has 26 heavy (non-hydrogen) atoms. The van der Waals surface area contributed by atoms with Gasteiger partial charge in [0.05, 0.1) is 0 Å². The molecular weight excluding hydrogens is 338 g/mol. The molecule has 0 aliphatic carbocycles. The molecule has 1 heterocycles. The third-order valence-electron chi connectivity index (χ3n) is 3.96. The van der Waals surface area contributed by atoms with Gasteiger partial charge < -0.3 is 10.1 Å². The average Bonchev–Trinajstić information content (AvgIpc) is 2.90. The zero-order chi connectivity index (χ0) is 19.2. The number of ether oxygens (including phenoxy) is 1. The first-order valence-corrected chi connectivity index (χ1v) is 8.29. The predicted octanol–water partition coefficient (Wildman–Crippen LogP) is 1.38. The van der Waals surface area contributed by atoms with Gasteiger partial charge in [-0.2, -0.15) is 5.01 Å². The van der Waals surface area contributed by atoms with Crippen LogP contribution in [0, 0.1) is 0 Å². The maximum Gasteiger partial charge on any atom is 0.344 e. The van der Waals surface area contributed by atoms with Crippen molar-refractivity contribution < 1.29 is 23.9 Å². The number of hydrazine groups is 1. The number of carbonyl (C=O) groups excluding carboxylic acids is 4. The molecule has 0 radical (unpaired) electrons. The minimum Gasteiger partial charge on any atom is -0.452 e. The average molecular weight is 359 g/mol. The van der Waals surface area contributed by atoms with Gasteiger partial charge in [0, 0.05) is 6.08 Å². The molecule has 2 rings (SSSR count). The van der Waals surface area contributed by atoms with Crippen LogP contribution in [0.4, 0.5) is 4.79 Å². The van der Waals surface area contributed by atoms with E-state index in [9.17, 15) is 19.2 Å². The van der Waals surface area contributed by atoms with E-state index < -0.39 is 36.0 Å². The fraction of sp³-hybridized carbons (Fsp3) is 0.333. The zero-order valence-electron chi connectivity index (χ0n) is 14.7. The number of nitrogens with zero attached hydrogens (tertiary/aromatic N) is 1. The van der Waals surface area contributed by atoms with Gasteiger partial charge in [-0.3, -0.25) is 15.0 Å². The summed E-state index contributed by atoms with van der Waals surface area (Å²) in [5.41, 5.74) is 1.56. The number of hydrogen-bond acceptors (Lipinski definition) is 5. The summed E-state index contributed by atoms with van der Waals surface area (Å²) in [5, 5.41) is 3.25. The molecule has 0 saturated carbocycles. The third kappa shape index (κ3) is 3.90. The standard InChI is InChI=1S/C18H21N3O5/c1-3-5-11-15(23)26-12-14(22)20-21-16(24)18(4-2,19-17(21)25)13-9-7-6-8-10-13/h5-11H,3-4,12H2,1-2H3,(H,19,25)(H,20,22)/b11-5+/t18-/m0/s1. The summed E-state index contributed by atoms with van der Waals surface area (Å²) in [6.45, 7) is 3.01. The Kier molecular flexibility index (Phi) is 6.11. The van der Waals surface area contributed by atoms with Gasteiger partial charge in [-0.05, 0) is 18.4 Å². The van der Waals surface area contributed by atoms with E-state index in [2.05, 4.69) is 10.7 Å². The van der Waals surface area contributed by atoms with Crippen LogP contribution >= 0.6 is 0 Å². The molecule has 4 amide bonds. The van der Waals surface area contributed by atoms with Crippen molar-refractivity contribution in [3.8, 4) is 0 Å². The van der Waals surface area contributed by atoms with Crippen LogP contribution in [0.2, 0.25) is 0 Å². The Bertz CT molecular complexity index is 732. The molecule has 0 aromatic heterocycles. The SMILES string of the molecule is CC/C=C/C(=O)OCC(=O)NN1C(=O)N[C@@](CC)(c2ccccc2)C1=O. The summed E-state index contributed by atoms with van der Waals surface area (Å²) in [4.78, 5) is 48.3. The molecule has 1 aliphatic rings. The first kappa shape index (κ1) is 19.2. The number of hydrogen-bond donors (Lipinski definition) is 2. The van der Waals surface area contributed by atoms with Crippen LogP contribution in [-0.2, 0) is 24.7 Å². The largest absolute Gasteiger partial charge is 0.452 e. The molecule has 1 aromatic carbocycles. The summed E-state index contributed by atoms with van der Waals surface area (Å²) in [7, 11) is 0. The molecule has 8 heteroatoms. The lowest BCUT2D eigenvalue weighted by atomic mass is 9.87. The highest BCUT2D eigenvalue weighted by molar-refractivity contribution is 6.08. The van der Waals surface area contributed by atoms with Crippen molar-refractivity contribution >= 4 is 23.8 Å². The second kappa shape index (κ2) is 8.28. The topological polar surface area (TPSA) is 105 Å². The maximum atomic E-state index is 12.8. The molecule has 1 aliphatic heterocycles. The van der Waals surface area contributed by atoms with E-state index in [1.165, 1.54) is 6.08 Å². The Labute approximate surface area is 151 Å². The van der Waals surface area contributed by atoms with Crippen LogP contribution < -0.4 is 10.7 Å². The Balaban J connectivity index is 2.06. The van der Waals surface area contributed by atoms with Crippen LogP contribution in [0.5, 0.6) is 0 Å². The van der Waals surface area contributed by atoms with Crippen molar-refractivity contribution in [2.75, 3.05) is 6.61 Å². The number of allylic oxidation sites excluding steroid dienone is 1. The minimum atomic E-state index is -1.24. The van der Waals surface area contributed by atoms with Crippen molar-refractivity contribution in [1.82, 2.24) is 15.8 Å². The molecule has 0 bridgehead atoms. The highest BCUT2D eigenvalue weighted by atomic mass is 16.5. The number of amides is 4. The Hall–Kier alpha value is -3.16. The van der Waals surface area contributed by atoms with Crippen molar-refractivity contribution in [2.45, 2.75) is 32.2 Å². The van der Waals surface area contributed by atoms with E-state index in [4.69, 9.17) is 4.74 Å². The molecule has 0 unspecified atom stereocenters. The summed E-state index contributed by atoms with van der Waals surface area (Å²) in [6.07, 6.45) is 3.76. The van der Waals surface area contributed by atoms with E-state index in [1.807, 2.05) is 6.92 Å². The van der Waals surface area contributed by atoms with Gasteiger partial charge in [-0.1, -0.05) is 50.3 Å². The number of carbonyl (C=O) groups is 4. The lowest BCUT2D eigenvalue weighted by Crippen LogP contribution is -2.49. The van der Waals surface area contributed by atoms with Crippen LogP contribution in [0.15, 0.2) is 42.5 Å². The van der Waals surface area contributed by atoms with E-state index in [-0.39, 0.29) is 0 Å². The number of esters is 1. The van der Waals surface area contributed by atoms with Crippen LogP contribution in [0.1, 0.15) is 32.3 Å². The van der Waals surface area contributed by atoms with Gasteiger partial charge in [0.15, 0.2) is 6.61 Å². The highest BCUT2D eigenvalue weighted by Crippen LogP contribution is 2.31. The Morgan fingerprint density at radius 1 is 1.23 bits per heavy atom. The summed E-state index contributed by atoms with van der Waals surface area (Å²) >= 11 is 0. The van der Waals surface area contributed by atoms with E-state index in [0.717, 1.165) is 0 Å². The number of imide groups is 1. The summed E-state index contributed by atoms with van der Waals surface area (Å²) in [6, 6.07) is 8.04. The van der Waals surface area contributed by atoms with Crippen molar-refractivity contribution in [3.05, 3.63) is 48.0 Å². The van der Waals surface area contributed by atoms with Crippen LogP contribution in [0.3, 0.4) is 0 Å². The number of nitrogens with one attached hydrogen (secondary N) is 2. The Morgan fingerprint density at radius 2 is 1.92 bits per heavy atom. The number of urea groups is 1. The fourth-order valence-corrected chi connectivity index (χ4v) is 2.59. The number of benzene rings is 1. The van der Waals surface area contributed by atoms with Crippen molar-refractivity contribution in [2.24, 2.45) is 0 Å². The predicted molar refractivity (Wildman–Crippen MR) is 92.3 cm³/mol. The molecule has 1 aromatic rings. The highest BCUT2D eigenvalue weighted by Gasteiger charge is 2.52. The molecule has 1 saturated heterocycles. The quantitative estimate of drug-likeness (QED) is 0.435. The molecule has 1 atom stereocenters. The van der Waals surface area contributed by atoms with Gasteiger partial charge in [-0.25, -0.2) is 9.59 Å². The fourth-order valence-electron chi connectivity index (χ4n) is 2.59. The van der Waals surface area contributed by atoms with Crippen molar-refractivity contribution in [3.63, 3.8) is 0 Å². The van der Waals surface area contributed by atoms with E-state index >= 15 is 0 Å². The van der Waals surface area contributed by atoms with Gasteiger partial charge in [-0.15, -0.1) is 0 Å². The Morgan fingerprint density at radius 3 is 2.54 bits per heavy atom. The molecule has 1 fully saturated rings. The molecule has 0 spiro atoms. The smallest absolute Gasteiger partial charge is 0.344 e. The molecular formula is C18H21N3O5. The van der Waals surface area contributed by atoms with Crippen LogP contribution in [-0.4, -0.2) is 35.4 Å². The van der Waals surface area contributed by atoms with Gasteiger partial charge in [0.25, 0.3) is 11.8 Å². The molecule has 8 nitrogen and oxygen atoms in total. The van der Waals surface area contributed by atoms with Gasteiger partial charge in [0.2, 0.25) is 0 Å². The van der Waals surface area contributed by atoms with Gasteiger partial charge >= 0.3 is 12.0 Å². The summed E-state index contributed by atoms with van der Waals surface area (Å²) < 4.78 is 4.74. The number of rotatable bonds is 7. The monoisotopic (exact) mass is 359 g/mol. The second-order valence-corrected chi connectivity index (χ2v) is 5.65. The second-order valence-electron chi connectivity index (χ2n) is 5.65. The first-order valence-electron chi connectivity index (χ1n) is 8.29. The molecule has 2 N–H and O–H groups in total.